The Kier molecular flexibility index (Phi) is 3.36. The molecule has 2 N–H and O–H groups in total. The first-order valence-corrected chi connectivity index (χ1v) is 5.80. The number of halogens is 2. The summed E-state index contributed by atoms with van der Waals surface area (Å²) in [6.07, 6.45) is 0.172. The lowest BCUT2D eigenvalue weighted by Gasteiger charge is -2.10. The van der Waals surface area contributed by atoms with Crippen LogP contribution in [-0.2, 0) is 12.0 Å². The maximum Gasteiger partial charge on any atom is 0.246 e. The third-order valence-corrected chi connectivity index (χ3v) is 2.77. The summed E-state index contributed by atoms with van der Waals surface area (Å²) in [5, 5.41) is 4.11. The SMILES string of the molecule is CC(C)(N)c1nc(Cc2c(F)cccc2Cl)no1. The van der Waals surface area contributed by atoms with Gasteiger partial charge in [0.05, 0.1) is 5.54 Å². The number of rotatable bonds is 3. The molecule has 0 radical (unpaired) electrons. The highest BCUT2D eigenvalue weighted by molar-refractivity contribution is 6.31. The highest BCUT2D eigenvalue weighted by Gasteiger charge is 2.22. The summed E-state index contributed by atoms with van der Waals surface area (Å²) >= 11 is 5.93. The number of hydrogen-bond donors (Lipinski definition) is 1. The highest BCUT2D eigenvalue weighted by Crippen LogP contribution is 2.22. The molecule has 0 aliphatic heterocycles. The summed E-state index contributed by atoms with van der Waals surface area (Å²) in [6.45, 7) is 3.50. The molecule has 6 heteroatoms. The van der Waals surface area contributed by atoms with Crippen LogP contribution in [0.2, 0.25) is 5.02 Å². The van der Waals surface area contributed by atoms with Crippen LogP contribution in [0.3, 0.4) is 0 Å². The molecule has 2 aromatic rings. The van der Waals surface area contributed by atoms with Crippen molar-refractivity contribution in [2.45, 2.75) is 25.8 Å². The molecule has 0 aliphatic carbocycles. The molecular formula is C12H13ClFN3O. The fraction of sp³-hybridized carbons (Fsp3) is 0.333. The van der Waals surface area contributed by atoms with Gasteiger partial charge in [-0.1, -0.05) is 22.8 Å². The molecule has 0 fully saturated rings. The molecule has 1 heterocycles. The fourth-order valence-corrected chi connectivity index (χ4v) is 1.68. The molecule has 0 saturated carbocycles. The summed E-state index contributed by atoms with van der Waals surface area (Å²) in [4.78, 5) is 4.13. The van der Waals surface area contributed by atoms with Gasteiger partial charge >= 0.3 is 0 Å². The largest absolute Gasteiger partial charge is 0.337 e. The lowest BCUT2D eigenvalue weighted by atomic mass is 10.1. The topological polar surface area (TPSA) is 64.9 Å². The van der Waals surface area contributed by atoms with Crippen molar-refractivity contribution in [2.75, 3.05) is 0 Å². The van der Waals surface area contributed by atoms with Crippen molar-refractivity contribution in [2.24, 2.45) is 5.73 Å². The van der Waals surface area contributed by atoms with E-state index >= 15 is 0 Å². The van der Waals surface area contributed by atoms with Crippen molar-refractivity contribution in [1.82, 2.24) is 10.1 Å². The third-order valence-electron chi connectivity index (χ3n) is 2.42. The lowest BCUT2D eigenvalue weighted by molar-refractivity contribution is 0.310. The summed E-state index contributed by atoms with van der Waals surface area (Å²) in [6, 6.07) is 4.51. The van der Waals surface area contributed by atoms with Crippen LogP contribution < -0.4 is 5.73 Å². The van der Waals surface area contributed by atoms with Gasteiger partial charge < -0.3 is 10.3 Å². The zero-order chi connectivity index (χ0) is 13.3. The second-order valence-corrected chi connectivity index (χ2v) is 5.02. The number of hydrogen-bond acceptors (Lipinski definition) is 4. The average Bonchev–Trinajstić information content (AvgIpc) is 2.72. The first-order valence-electron chi connectivity index (χ1n) is 5.43. The Balaban J connectivity index is 2.27. The van der Waals surface area contributed by atoms with Crippen LogP contribution in [0, 0.1) is 5.82 Å². The standard InChI is InChI=1S/C12H13ClFN3O/c1-12(2,15)11-16-10(17-18-11)6-7-8(13)4-3-5-9(7)14/h3-5H,6,15H2,1-2H3. The predicted octanol–water partition coefficient (Wildman–Crippen LogP) is 2.65. The van der Waals surface area contributed by atoms with Gasteiger partial charge in [-0.25, -0.2) is 4.39 Å². The van der Waals surface area contributed by atoms with Gasteiger partial charge in [0.1, 0.15) is 5.82 Å². The van der Waals surface area contributed by atoms with Gasteiger partial charge in [0.15, 0.2) is 5.82 Å². The molecule has 0 atom stereocenters. The maximum atomic E-state index is 13.6. The molecule has 2 rings (SSSR count). The summed E-state index contributed by atoms with van der Waals surface area (Å²) < 4.78 is 18.6. The first kappa shape index (κ1) is 13.0. The predicted molar refractivity (Wildman–Crippen MR) is 65.7 cm³/mol. The molecule has 1 aromatic heterocycles. The molecule has 0 spiro atoms. The van der Waals surface area contributed by atoms with E-state index < -0.39 is 5.54 Å². The second-order valence-electron chi connectivity index (χ2n) is 4.61. The van der Waals surface area contributed by atoms with Gasteiger partial charge in [0.25, 0.3) is 0 Å². The number of nitrogens with zero attached hydrogens (tertiary/aromatic N) is 2. The molecule has 0 bridgehead atoms. The van der Waals surface area contributed by atoms with Crippen LogP contribution in [0.5, 0.6) is 0 Å². The second kappa shape index (κ2) is 4.66. The van der Waals surface area contributed by atoms with Crippen LogP contribution in [0.15, 0.2) is 22.7 Å². The Bertz CT molecular complexity index is 542. The minimum atomic E-state index is -0.718. The van der Waals surface area contributed by atoms with E-state index in [1.165, 1.54) is 6.07 Å². The van der Waals surface area contributed by atoms with Crippen molar-refractivity contribution in [3.8, 4) is 0 Å². The molecule has 0 unspecified atom stereocenters. The van der Waals surface area contributed by atoms with Crippen LogP contribution in [0.4, 0.5) is 4.39 Å². The van der Waals surface area contributed by atoms with E-state index in [2.05, 4.69) is 10.1 Å². The van der Waals surface area contributed by atoms with Crippen molar-refractivity contribution >= 4 is 11.6 Å². The minimum Gasteiger partial charge on any atom is -0.337 e. The van der Waals surface area contributed by atoms with E-state index in [-0.39, 0.29) is 12.2 Å². The maximum absolute atomic E-state index is 13.6. The molecule has 96 valence electrons. The molecule has 1 aromatic carbocycles. The molecule has 18 heavy (non-hydrogen) atoms. The smallest absolute Gasteiger partial charge is 0.246 e. The van der Waals surface area contributed by atoms with E-state index in [9.17, 15) is 4.39 Å². The van der Waals surface area contributed by atoms with E-state index in [1.807, 2.05) is 0 Å². The van der Waals surface area contributed by atoms with Crippen molar-refractivity contribution in [3.63, 3.8) is 0 Å². The van der Waals surface area contributed by atoms with Crippen LogP contribution in [0.25, 0.3) is 0 Å². The van der Waals surface area contributed by atoms with Crippen molar-refractivity contribution in [3.05, 3.63) is 46.3 Å². The van der Waals surface area contributed by atoms with Gasteiger partial charge in [-0.2, -0.15) is 4.98 Å². The molecule has 4 nitrogen and oxygen atoms in total. The van der Waals surface area contributed by atoms with Crippen LogP contribution >= 0.6 is 11.6 Å². The Morgan fingerprint density at radius 1 is 1.44 bits per heavy atom. The summed E-state index contributed by atoms with van der Waals surface area (Å²) in [7, 11) is 0. The molecular weight excluding hydrogens is 257 g/mol. The van der Waals surface area contributed by atoms with E-state index in [0.717, 1.165) is 0 Å². The van der Waals surface area contributed by atoms with E-state index in [4.69, 9.17) is 21.9 Å². The fourth-order valence-electron chi connectivity index (χ4n) is 1.45. The zero-order valence-electron chi connectivity index (χ0n) is 10.1. The van der Waals surface area contributed by atoms with Crippen LogP contribution in [0.1, 0.15) is 31.1 Å². The zero-order valence-corrected chi connectivity index (χ0v) is 10.8. The molecule has 0 aliphatic rings. The van der Waals surface area contributed by atoms with Gasteiger partial charge in [0.2, 0.25) is 5.89 Å². The van der Waals surface area contributed by atoms with Crippen LogP contribution in [-0.4, -0.2) is 10.1 Å². The number of aromatic nitrogens is 2. The third kappa shape index (κ3) is 2.68. The first-order chi connectivity index (χ1) is 8.38. The average molecular weight is 270 g/mol. The van der Waals surface area contributed by atoms with Gasteiger partial charge in [-0.05, 0) is 26.0 Å². The summed E-state index contributed by atoms with van der Waals surface area (Å²) in [5.41, 5.74) is 5.46. The number of nitrogens with two attached hydrogens (primary N) is 1. The van der Waals surface area contributed by atoms with Gasteiger partial charge in [0, 0.05) is 17.0 Å². The highest BCUT2D eigenvalue weighted by atomic mass is 35.5. The van der Waals surface area contributed by atoms with E-state index in [1.54, 1.807) is 26.0 Å². The quantitative estimate of drug-likeness (QED) is 0.930. The summed E-state index contributed by atoms with van der Waals surface area (Å²) in [5.74, 6) is 0.279. The van der Waals surface area contributed by atoms with Gasteiger partial charge in [-0.15, -0.1) is 0 Å². The molecule has 0 amide bonds. The van der Waals surface area contributed by atoms with Gasteiger partial charge in [-0.3, -0.25) is 0 Å². The Labute approximate surface area is 109 Å². The minimum absolute atomic E-state index is 0.172. The Morgan fingerprint density at radius 2 is 2.17 bits per heavy atom. The monoisotopic (exact) mass is 269 g/mol. The van der Waals surface area contributed by atoms with Crippen molar-refractivity contribution in [1.29, 1.82) is 0 Å². The Hall–Kier alpha value is -1.46. The number of benzene rings is 1. The Morgan fingerprint density at radius 3 is 2.72 bits per heavy atom. The van der Waals surface area contributed by atoms with Crippen molar-refractivity contribution < 1.29 is 8.91 Å². The molecule has 0 saturated heterocycles. The normalized spacial score (nSPS) is 11.8. The van der Waals surface area contributed by atoms with E-state index in [0.29, 0.717) is 22.3 Å². The lowest BCUT2D eigenvalue weighted by Crippen LogP contribution is -2.29.